The molecule has 0 unspecified atom stereocenters. The lowest BCUT2D eigenvalue weighted by atomic mass is 10.0. The molecule has 0 N–H and O–H groups in total. The third-order valence-electron chi connectivity index (χ3n) is 2.49. The highest BCUT2D eigenvalue weighted by Gasteiger charge is 2.12. The molecule has 0 fully saturated rings. The lowest BCUT2D eigenvalue weighted by molar-refractivity contribution is 0.183. The van der Waals surface area contributed by atoms with Crippen molar-refractivity contribution in [3.8, 4) is 5.75 Å². The van der Waals surface area contributed by atoms with Crippen molar-refractivity contribution in [2.24, 2.45) is 0 Å². The molecular formula is C12H19NO2. The SMILES string of the molecule is CCc1ncc(COC)c(CC)c1OC. The van der Waals surface area contributed by atoms with Crippen LogP contribution in [0.1, 0.15) is 30.7 Å². The van der Waals surface area contributed by atoms with E-state index in [2.05, 4.69) is 18.8 Å². The van der Waals surface area contributed by atoms with E-state index in [0.717, 1.165) is 29.8 Å². The Morgan fingerprint density at radius 3 is 2.40 bits per heavy atom. The summed E-state index contributed by atoms with van der Waals surface area (Å²) >= 11 is 0. The van der Waals surface area contributed by atoms with Crippen molar-refractivity contribution in [2.45, 2.75) is 33.3 Å². The van der Waals surface area contributed by atoms with Crippen LogP contribution >= 0.6 is 0 Å². The van der Waals surface area contributed by atoms with Crippen LogP contribution in [0.2, 0.25) is 0 Å². The number of methoxy groups -OCH3 is 2. The molecule has 1 aromatic heterocycles. The zero-order chi connectivity index (χ0) is 11.3. The lowest BCUT2D eigenvalue weighted by Crippen LogP contribution is -2.04. The highest BCUT2D eigenvalue weighted by molar-refractivity contribution is 5.42. The van der Waals surface area contributed by atoms with Gasteiger partial charge in [-0.25, -0.2) is 0 Å². The van der Waals surface area contributed by atoms with E-state index < -0.39 is 0 Å². The topological polar surface area (TPSA) is 31.4 Å². The van der Waals surface area contributed by atoms with Crippen LogP contribution < -0.4 is 4.74 Å². The largest absolute Gasteiger partial charge is 0.495 e. The van der Waals surface area contributed by atoms with Gasteiger partial charge < -0.3 is 9.47 Å². The molecule has 1 heterocycles. The molecule has 3 nitrogen and oxygen atoms in total. The van der Waals surface area contributed by atoms with E-state index in [4.69, 9.17) is 9.47 Å². The minimum atomic E-state index is 0.594. The average Bonchev–Trinajstić information content (AvgIpc) is 2.28. The van der Waals surface area contributed by atoms with Crippen molar-refractivity contribution in [2.75, 3.05) is 14.2 Å². The molecule has 0 aromatic carbocycles. The third-order valence-corrected chi connectivity index (χ3v) is 2.49. The van der Waals surface area contributed by atoms with Crippen LogP contribution in [0.4, 0.5) is 0 Å². The minimum Gasteiger partial charge on any atom is -0.495 e. The Hall–Kier alpha value is -1.09. The number of aryl methyl sites for hydroxylation is 1. The molecule has 3 heteroatoms. The first-order valence-corrected chi connectivity index (χ1v) is 5.30. The second-order valence-corrected chi connectivity index (χ2v) is 3.38. The molecule has 0 bridgehead atoms. The number of nitrogens with zero attached hydrogens (tertiary/aromatic N) is 1. The number of hydrogen-bond donors (Lipinski definition) is 0. The van der Waals surface area contributed by atoms with Crippen molar-refractivity contribution < 1.29 is 9.47 Å². The second-order valence-electron chi connectivity index (χ2n) is 3.38. The highest BCUT2D eigenvalue weighted by Crippen LogP contribution is 2.26. The van der Waals surface area contributed by atoms with Crippen molar-refractivity contribution in [3.63, 3.8) is 0 Å². The van der Waals surface area contributed by atoms with Crippen LogP contribution in [0.3, 0.4) is 0 Å². The monoisotopic (exact) mass is 209 g/mol. The van der Waals surface area contributed by atoms with Gasteiger partial charge in [0.05, 0.1) is 19.4 Å². The Bertz CT molecular complexity index is 324. The fourth-order valence-corrected chi connectivity index (χ4v) is 1.77. The minimum absolute atomic E-state index is 0.594. The molecule has 0 amide bonds. The van der Waals surface area contributed by atoms with Gasteiger partial charge >= 0.3 is 0 Å². The normalized spacial score (nSPS) is 10.4. The molecule has 1 rings (SSSR count). The van der Waals surface area contributed by atoms with Crippen LogP contribution in [-0.4, -0.2) is 19.2 Å². The van der Waals surface area contributed by atoms with Gasteiger partial charge in [0.25, 0.3) is 0 Å². The standard InChI is InChI=1S/C12H19NO2/c1-5-10-9(8-14-3)7-13-11(6-2)12(10)15-4/h7H,5-6,8H2,1-4H3. The Balaban J connectivity index is 3.21. The molecule has 15 heavy (non-hydrogen) atoms. The summed E-state index contributed by atoms with van der Waals surface area (Å²) in [7, 11) is 3.39. The average molecular weight is 209 g/mol. The van der Waals surface area contributed by atoms with E-state index in [1.165, 1.54) is 5.56 Å². The van der Waals surface area contributed by atoms with Gasteiger partial charge in [-0.3, -0.25) is 4.98 Å². The van der Waals surface area contributed by atoms with Crippen molar-refractivity contribution in [3.05, 3.63) is 23.0 Å². The zero-order valence-corrected chi connectivity index (χ0v) is 9.96. The smallest absolute Gasteiger partial charge is 0.143 e. The Morgan fingerprint density at radius 2 is 1.93 bits per heavy atom. The van der Waals surface area contributed by atoms with Gasteiger partial charge in [-0.2, -0.15) is 0 Å². The Kier molecular flexibility index (Phi) is 4.56. The molecular weight excluding hydrogens is 190 g/mol. The van der Waals surface area contributed by atoms with Gasteiger partial charge in [-0.1, -0.05) is 13.8 Å². The quantitative estimate of drug-likeness (QED) is 0.746. The molecule has 0 atom stereocenters. The summed E-state index contributed by atoms with van der Waals surface area (Å²) in [6.45, 7) is 4.80. The van der Waals surface area contributed by atoms with Crippen molar-refractivity contribution in [1.29, 1.82) is 0 Å². The van der Waals surface area contributed by atoms with Crippen molar-refractivity contribution >= 4 is 0 Å². The lowest BCUT2D eigenvalue weighted by Gasteiger charge is -2.14. The van der Waals surface area contributed by atoms with E-state index in [0.29, 0.717) is 6.61 Å². The molecule has 0 saturated heterocycles. The summed E-state index contributed by atoms with van der Waals surface area (Å²) < 4.78 is 10.6. The van der Waals surface area contributed by atoms with Gasteiger partial charge in [0.2, 0.25) is 0 Å². The predicted molar refractivity (Wildman–Crippen MR) is 60.3 cm³/mol. The maximum absolute atomic E-state index is 5.43. The second kappa shape index (κ2) is 5.71. The van der Waals surface area contributed by atoms with E-state index in [-0.39, 0.29) is 0 Å². The van der Waals surface area contributed by atoms with Gasteiger partial charge in [-0.15, -0.1) is 0 Å². The number of hydrogen-bond acceptors (Lipinski definition) is 3. The third kappa shape index (κ3) is 2.48. The Labute approximate surface area is 91.4 Å². The number of aromatic nitrogens is 1. The zero-order valence-electron chi connectivity index (χ0n) is 9.96. The molecule has 0 aliphatic carbocycles. The maximum Gasteiger partial charge on any atom is 0.143 e. The Morgan fingerprint density at radius 1 is 1.20 bits per heavy atom. The van der Waals surface area contributed by atoms with Crippen LogP contribution in [0.15, 0.2) is 6.20 Å². The van der Waals surface area contributed by atoms with Gasteiger partial charge in [-0.05, 0) is 12.8 Å². The van der Waals surface area contributed by atoms with E-state index >= 15 is 0 Å². The molecule has 0 spiro atoms. The van der Waals surface area contributed by atoms with Gasteiger partial charge in [0, 0.05) is 24.4 Å². The number of ether oxygens (including phenoxy) is 2. The first kappa shape index (κ1) is 12.0. The van der Waals surface area contributed by atoms with Gasteiger partial charge in [0.1, 0.15) is 5.75 Å². The first-order chi connectivity index (χ1) is 7.28. The molecule has 0 aliphatic heterocycles. The highest BCUT2D eigenvalue weighted by atomic mass is 16.5. The molecule has 1 aromatic rings. The summed E-state index contributed by atoms with van der Waals surface area (Å²) in [5.74, 6) is 0.926. The van der Waals surface area contributed by atoms with Crippen molar-refractivity contribution in [1.82, 2.24) is 4.98 Å². The molecule has 0 radical (unpaired) electrons. The summed E-state index contributed by atoms with van der Waals surface area (Å²) in [6, 6.07) is 0. The summed E-state index contributed by atoms with van der Waals surface area (Å²) in [5, 5.41) is 0. The molecule has 0 aliphatic rings. The maximum atomic E-state index is 5.43. The summed E-state index contributed by atoms with van der Waals surface area (Å²) in [5.41, 5.74) is 3.36. The number of rotatable bonds is 5. The van der Waals surface area contributed by atoms with Crippen LogP contribution in [0.25, 0.3) is 0 Å². The van der Waals surface area contributed by atoms with E-state index in [9.17, 15) is 0 Å². The predicted octanol–water partition coefficient (Wildman–Crippen LogP) is 2.36. The molecule has 84 valence electrons. The van der Waals surface area contributed by atoms with Crippen LogP contribution in [-0.2, 0) is 24.2 Å². The first-order valence-electron chi connectivity index (χ1n) is 5.30. The van der Waals surface area contributed by atoms with Crippen LogP contribution in [0.5, 0.6) is 5.75 Å². The van der Waals surface area contributed by atoms with Gasteiger partial charge in [0.15, 0.2) is 0 Å². The van der Waals surface area contributed by atoms with Crippen LogP contribution in [0, 0.1) is 0 Å². The summed E-state index contributed by atoms with van der Waals surface area (Å²) in [4.78, 5) is 4.39. The number of pyridine rings is 1. The fourth-order valence-electron chi connectivity index (χ4n) is 1.77. The van der Waals surface area contributed by atoms with E-state index in [1.54, 1.807) is 14.2 Å². The fraction of sp³-hybridized carbons (Fsp3) is 0.583. The molecule has 0 saturated carbocycles. The van der Waals surface area contributed by atoms with E-state index in [1.807, 2.05) is 6.20 Å². The summed E-state index contributed by atoms with van der Waals surface area (Å²) in [6.07, 6.45) is 3.73.